The minimum Gasteiger partial charge on any atom is -0.448 e. The van der Waals surface area contributed by atoms with Crippen LogP contribution in [0.3, 0.4) is 0 Å². The molecular formula is C9H8BrClN2OS. The zero-order valence-corrected chi connectivity index (χ0v) is 10.7. The maximum Gasteiger partial charge on any atom is 0.193 e. The number of thiophene rings is 1. The fraction of sp³-hybridized carbons (Fsp3) is 0.111. The van der Waals surface area contributed by atoms with Gasteiger partial charge in [0.05, 0.1) is 0 Å². The fourth-order valence-corrected chi connectivity index (χ4v) is 3.10. The summed E-state index contributed by atoms with van der Waals surface area (Å²) in [5, 5.41) is 2.34. The lowest BCUT2D eigenvalue weighted by Crippen LogP contribution is -2.28. The van der Waals surface area contributed by atoms with E-state index in [-0.39, 0.29) is 6.04 Å². The van der Waals surface area contributed by atoms with E-state index in [1.165, 1.54) is 0 Å². The van der Waals surface area contributed by atoms with Gasteiger partial charge in [0, 0.05) is 9.35 Å². The minimum atomic E-state index is -0.174. The Morgan fingerprint density at radius 3 is 2.73 bits per heavy atom. The molecule has 1 unspecified atom stereocenters. The lowest BCUT2D eigenvalue weighted by molar-refractivity contribution is 0.456. The molecule has 0 radical (unpaired) electrons. The summed E-state index contributed by atoms with van der Waals surface area (Å²) in [6.07, 6.45) is 0. The molecule has 0 spiro atoms. The molecule has 6 heteroatoms. The highest BCUT2D eigenvalue weighted by Gasteiger charge is 2.19. The Balaban J connectivity index is 2.36. The number of hydrogen-bond acceptors (Lipinski definition) is 4. The SMILES string of the molecule is NNC(c1ccc(Cl)o1)c1sccc1Br. The molecule has 0 fully saturated rings. The monoisotopic (exact) mass is 306 g/mol. The van der Waals surface area contributed by atoms with Crippen LogP contribution in [0, 0.1) is 0 Å². The second-order valence-corrected chi connectivity index (χ2v) is 5.05. The average Bonchev–Trinajstić information content (AvgIpc) is 2.79. The van der Waals surface area contributed by atoms with Crippen LogP contribution in [0.5, 0.6) is 0 Å². The van der Waals surface area contributed by atoms with Crippen LogP contribution in [0.15, 0.2) is 32.5 Å². The van der Waals surface area contributed by atoms with E-state index in [1.54, 1.807) is 23.5 Å². The molecule has 0 saturated heterocycles. The molecule has 15 heavy (non-hydrogen) atoms. The quantitative estimate of drug-likeness (QED) is 0.675. The zero-order chi connectivity index (χ0) is 10.8. The van der Waals surface area contributed by atoms with Crippen molar-refractivity contribution in [2.45, 2.75) is 6.04 Å². The Bertz CT molecular complexity index is 456. The number of hydrogen-bond donors (Lipinski definition) is 2. The van der Waals surface area contributed by atoms with Crippen molar-refractivity contribution >= 4 is 38.9 Å². The highest BCUT2D eigenvalue weighted by Crippen LogP contribution is 2.33. The maximum atomic E-state index is 5.72. The molecule has 0 aliphatic rings. The van der Waals surface area contributed by atoms with E-state index < -0.39 is 0 Å². The van der Waals surface area contributed by atoms with Crippen molar-refractivity contribution < 1.29 is 4.42 Å². The Kier molecular flexibility index (Phi) is 3.48. The molecule has 3 nitrogen and oxygen atoms in total. The van der Waals surface area contributed by atoms with Gasteiger partial charge in [-0.15, -0.1) is 11.3 Å². The van der Waals surface area contributed by atoms with Crippen molar-refractivity contribution in [2.24, 2.45) is 5.84 Å². The topological polar surface area (TPSA) is 51.2 Å². The molecule has 3 N–H and O–H groups in total. The molecule has 0 aliphatic heterocycles. The van der Waals surface area contributed by atoms with Crippen LogP contribution in [0.1, 0.15) is 16.7 Å². The van der Waals surface area contributed by atoms with E-state index in [0.717, 1.165) is 9.35 Å². The van der Waals surface area contributed by atoms with Crippen molar-refractivity contribution in [3.63, 3.8) is 0 Å². The fourth-order valence-electron chi connectivity index (χ4n) is 1.28. The number of rotatable bonds is 3. The highest BCUT2D eigenvalue weighted by atomic mass is 79.9. The number of hydrazine groups is 1. The molecule has 1 atom stereocenters. The number of nitrogens with one attached hydrogen (secondary N) is 1. The normalized spacial score (nSPS) is 13.0. The van der Waals surface area contributed by atoms with Crippen LogP contribution in [0.2, 0.25) is 5.22 Å². The zero-order valence-electron chi connectivity index (χ0n) is 7.54. The van der Waals surface area contributed by atoms with Crippen LogP contribution in [-0.2, 0) is 0 Å². The lowest BCUT2D eigenvalue weighted by atomic mass is 10.2. The van der Waals surface area contributed by atoms with E-state index in [0.29, 0.717) is 11.0 Å². The van der Waals surface area contributed by atoms with Gasteiger partial charge in [-0.3, -0.25) is 5.84 Å². The Morgan fingerprint density at radius 1 is 1.47 bits per heavy atom. The summed E-state index contributed by atoms with van der Waals surface area (Å²) < 4.78 is 6.33. The number of halogens is 2. The van der Waals surface area contributed by atoms with Gasteiger partial charge in [0.15, 0.2) is 5.22 Å². The predicted molar refractivity (Wildman–Crippen MR) is 64.9 cm³/mol. The molecule has 2 aromatic rings. The van der Waals surface area contributed by atoms with E-state index in [9.17, 15) is 0 Å². The summed E-state index contributed by atoms with van der Waals surface area (Å²) in [5.41, 5.74) is 2.70. The van der Waals surface area contributed by atoms with Gasteiger partial charge in [-0.1, -0.05) is 0 Å². The molecule has 0 aliphatic carbocycles. The summed E-state index contributed by atoms with van der Waals surface area (Å²) in [5.74, 6) is 6.21. The van der Waals surface area contributed by atoms with Gasteiger partial charge >= 0.3 is 0 Å². The van der Waals surface area contributed by atoms with Crippen molar-refractivity contribution in [3.8, 4) is 0 Å². The van der Waals surface area contributed by atoms with Crippen molar-refractivity contribution in [1.29, 1.82) is 0 Å². The molecule has 0 amide bonds. The molecule has 0 bridgehead atoms. The predicted octanol–water partition coefficient (Wildman–Crippen LogP) is 3.31. The standard InChI is InChI=1S/C9H8BrClN2OS/c10-5-3-4-15-9(5)8(13-12)6-1-2-7(11)14-6/h1-4,8,13H,12H2. The smallest absolute Gasteiger partial charge is 0.193 e. The van der Waals surface area contributed by atoms with Gasteiger partial charge in [-0.2, -0.15) is 0 Å². The van der Waals surface area contributed by atoms with E-state index in [2.05, 4.69) is 21.4 Å². The van der Waals surface area contributed by atoms with Crippen molar-refractivity contribution in [1.82, 2.24) is 5.43 Å². The summed E-state index contributed by atoms with van der Waals surface area (Å²) in [6, 6.07) is 5.29. The van der Waals surface area contributed by atoms with Gasteiger partial charge in [-0.05, 0) is 51.1 Å². The number of furan rings is 1. The molecule has 2 rings (SSSR count). The third-order valence-corrected chi connectivity index (χ3v) is 4.09. The van der Waals surface area contributed by atoms with E-state index in [1.807, 2.05) is 11.4 Å². The Labute approximate surface area is 104 Å². The summed E-state index contributed by atoms with van der Waals surface area (Å²) in [6.45, 7) is 0. The second-order valence-electron chi connectivity index (χ2n) is 2.87. The van der Waals surface area contributed by atoms with Crippen LogP contribution in [0.4, 0.5) is 0 Å². The van der Waals surface area contributed by atoms with Gasteiger partial charge in [0.1, 0.15) is 11.8 Å². The van der Waals surface area contributed by atoms with Crippen LogP contribution in [-0.4, -0.2) is 0 Å². The second kappa shape index (κ2) is 4.67. The number of nitrogens with two attached hydrogens (primary N) is 1. The summed E-state index contributed by atoms with van der Waals surface area (Å²) in [4.78, 5) is 1.06. The van der Waals surface area contributed by atoms with Gasteiger partial charge < -0.3 is 4.42 Å². The maximum absolute atomic E-state index is 5.72. The van der Waals surface area contributed by atoms with Gasteiger partial charge in [0.25, 0.3) is 0 Å². The first kappa shape index (κ1) is 11.2. The third-order valence-electron chi connectivity index (χ3n) is 1.95. The first-order valence-electron chi connectivity index (χ1n) is 4.16. The average molecular weight is 308 g/mol. The lowest BCUT2D eigenvalue weighted by Gasteiger charge is -2.11. The first-order chi connectivity index (χ1) is 7.22. The summed E-state index contributed by atoms with van der Waals surface area (Å²) >= 11 is 10.8. The summed E-state index contributed by atoms with van der Waals surface area (Å²) in [7, 11) is 0. The van der Waals surface area contributed by atoms with Crippen LogP contribution in [0.25, 0.3) is 0 Å². The van der Waals surface area contributed by atoms with Crippen molar-refractivity contribution in [2.75, 3.05) is 0 Å². The van der Waals surface area contributed by atoms with E-state index in [4.69, 9.17) is 21.9 Å². The molecular weight excluding hydrogens is 300 g/mol. The molecule has 80 valence electrons. The van der Waals surface area contributed by atoms with Crippen molar-refractivity contribution in [3.05, 3.63) is 43.9 Å². The third kappa shape index (κ3) is 2.26. The largest absolute Gasteiger partial charge is 0.448 e. The molecule has 2 aromatic heterocycles. The Morgan fingerprint density at radius 2 is 2.27 bits per heavy atom. The minimum absolute atomic E-state index is 0.174. The van der Waals surface area contributed by atoms with Crippen LogP contribution < -0.4 is 11.3 Å². The first-order valence-corrected chi connectivity index (χ1v) is 6.21. The Hall–Kier alpha value is -0.330. The highest BCUT2D eigenvalue weighted by molar-refractivity contribution is 9.10. The van der Waals surface area contributed by atoms with Crippen LogP contribution >= 0.6 is 38.9 Å². The molecule has 0 saturated carbocycles. The van der Waals surface area contributed by atoms with Gasteiger partial charge in [0.2, 0.25) is 0 Å². The molecule has 0 aromatic carbocycles. The van der Waals surface area contributed by atoms with Gasteiger partial charge in [-0.25, -0.2) is 5.43 Å². The van der Waals surface area contributed by atoms with E-state index >= 15 is 0 Å². The molecule has 2 heterocycles.